The Hall–Kier alpha value is -3.67. The quantitative estimate of drug-likeness (QED) is 0.643. The molecule has 3 aromatic rings. The summed E-state index contributed by atoms with van der Waals surface area (Å²) < 4.78 is 4.73. The molecule has 6 heteroatoms. The smallest absolute Gasteiger partial charge is 0.337 e. The largest absolute Gasteiger partial charge is 0.465 e. The van der Waals surface area contributed by atoms with Crippen LogP contribution in [0.15, 0.2) is 60.9 Å². The number of methoxy groups -OCH3 is 1. The first-order valence-corrected chi connectivity index (χ1v) is 8.75. The normalized spacial score (nSPS) is 10.2. The van der Waals surface area contributed by atoms with E-state index in [9.17, 15) is 9.59 Å². The zero-order chi connectivity index (χ0) is 20.1. The van der Waals surface area contributed by atoms with E-state index in [0.717, 1.165) is 16.8 Å². The predicted octanol–water partition coefficient (Wildman–Crippen LogP) is 4.48. The molecule has 0 saturated heterocycles. The van der Waals surface area contributed by atoms with Crippen molar-refractivity contribution in [2.24, 2.45) is 0 Å². The number of rotatable bonds is 5. The third-order valence-electron chi connectivity index (χ3n) is 4.21. The van der Waals surface area contributed by atoms with Crippen LogP contribution >= 0.6 is 0 Å². The molecule has 6 nitrogen and oxygen atoms in total. The molecular weight excluding hydrogens is 354 g/mol. The van der Waals surface area contributed by atoms with Gasteiger partial charge in [0.15, 0.2) is 0 Å². The predicted molar refractivity (Wildman–Crippen MR) is 109 cm³/mol. The van der Waals surface area contributed by atoms with Crippen LogP contribution in [0, 0.1) is 13.8 Å². The van der Waals surface area contributed by atoms with Gasteiger partial charge in [0.05, 0.1) is 30.1 Å². The molecule has 2 aromatic carbocycles. The fraction of sp³-hybridized carbons (Fsp3) is 0.136. The molecule has 0 fully saturated rings. The second kappa shape index (κ2) is 8.35. The van der Waals surface area contributed by atoms with Crippen LogP contribution in [0.5, 0.6) is 0 Å². The minimum absolute atomic E-state index is 0.242. The Morgan fingerprint density at radius 1 is 0.929 bits per heavy atom. The minimum atomic E-state index is -0.413. The van der Waals surface area contributed by atoms with E-state index in [1.165, 1.54) is 13.3 Å². The fourth-order valence-electron chi connectivity index (χ4n) is 2.71. The summed E-state index contributed by atoms with van der Waals surface area (Å²) in [5.41, 5.74) is 5.02. The zero-order valence-corrected chi connectivity index (χ0v) is 15.9. The number of esters is 1. The lowest BCUT2D eigenvalue weighted by molar-refractivity contribution is 0.0600. The average Bonchev–Trinajstić information content (AvgIpc) is 2.70. The van der Waals surface area contributed by atoms with Gasteiger partial charge in [0.2, 0.25) is 0 Å². The lowest BCUT2D eigenvalue weighted by Crippen LogP contribution is -2.13. The first-order valence-electron chi connectivity index (χ1n) is 8.75. The van der Waals surface area contributed by atoms with E-state index in [1.54, 1.807) is 30.5 Å². The molecule has 0 radical (unpaired) electrons. The van der Waals surface area contributed by atoms with Crippen molar-refractivity contribution in [1.82, 2.24) is 4.98 Å². The number of pyridine rings is 1. The summed E-state index contributed by atoms with van der Waals surface area (Å²) in [6.45, 7) is 3.92. The summed E-state index contributed by atoms with van der Waals surface area (Å²) in [7, 11) is 1.34. The molecule has 1 amide bonds. The number of aromatic nitrogens is 1. The molecule has 1 heterocycles. The van der Waals surface area contributed by atoms with Crippen LogP contribution in [0.1, 0.15) is 31.8 Å². The molecular formula is C22H21N3O3. The Morgan fingerprint density at radius 3 is 2.50 bits per heavy atom. The third kappa shape index (κ3) is 4.54. The van der Waals surface area contributed by atoms with Crippen LogP contribution in [0.2, 0.25) is 0 Å². The average molecular weight is 375 g/mol. The Morgan fingerprint density at radius 2 is 1.71 bits per heavy atom. The molecule has 142 valence electrons. The van der Waals surface area contributed by atoms with Crippen molar-refractivity contribution in [3.8, 4) is 0 Å². The Balaban J connectivity index is 1.78. The maximum atomic E-state index is 12.6. The first-order chi connectivity index (χ1) is 13.5. The van der Waals surface area contributed by atoms with Gasteiger partial charge in [-0.3, -0.25) is 9.78 Å². The molecule has 0 spiro atoms. The van der Waals surface area contributed by atoms with E-state index in [0.29, 0.717) is 22.5 Å². The highest BCUT2D eigenvalue weighted by Gasteiger charge is 2.10. The molecule has 0 unspecified atom stereocenters. The van der Waals surface area contributed by atoms with E-state index >= 15 is 0 Å². The van der Waals surface area contributed by atoms with Crippen molar-refractivity contribution in [1.29, 1.82) is 0 Å². The van der Waals surface area contributed by atoms with Gasteiger partial charge in [-0.2, -0.15) is 0 Å². The lowest BCUT2D eigenvalue weighted by Gasteiger charge is -2.11. The monoisotopic (exact) mass is 375 g/mol. The van der Waals surface area contributed by atoms with E-state index in [4.69, 9.17) is 4.74 Å². The molecule has 0 aliphatic heterocycles. The number of amides is 1. The van der Waals surface area contributed by atoms with Crippen molar-refractivity contribution < 1.29 is 14.3 Å². The van der Waals surface area contributed by atoms with Gasteiger partial charge in [-0.1, -0.05) is 18.2 Å². The Labute approximate surface area is 163 Å². The third-order valence-corrected chi connectivity index (χ3v) is 4.21. The van der Waals surface area contributed by atoms with E-state index in [-0.39, 0.29) is 5.91 Å². The number of nitrogens with zero attached hydrogens (tertiary/aromatic N) is 1. The van der Waals surface area contributed by atoms with Crippen molar-refractivity contribution in [2.45, 2.75) is 13.8 Å². The number of carbonyl (C=O) groups is 2. The van der Waals surface area contributed by atoms with Gasteiger partial charge < -0.3 is 15.4 Å². The Kier molecular flexibility index (Phi) is 5.69. The van der Waals surface area contributed by atoms with Gasteiger partial charge in [0, 0.05) is 17.6 Å². The Bertz CT molecular complexity index is 1030. The lowest BCUT2D eigenvalue weighted by atomic mass is 10.1. The van der Waals surface area contributed by atoms with E-state index in [1.807, 2.05) is 38.1 Å². The highest BCUT2D eigenvalue weighted by molar-refractivity contribution is 6.05. The van der Waals surface area contributed by atoms with Crippen LogP contribution in [0.25, 0.3) is 0 Å². The highest BCUT2D eigenvalue weighted by atomic mass is 16.5. The second-order valence-electron chi connectivity index (χ2n) is 6.43. The maximum Gasteiger partial charge on any atom is 0.337 e. The SMILES string of the molecule is COC(=O)c1cccc(Nc2cncc(C(=O)Nc3cc(C)ccc3C)c2)c1. The maximum absolute atomic E-state index is 12.6. The van der Waals surface area contributed by atoms with E-state index in [2.05, 4.69) is 15.6 Å². The van der Waals surface area contributed by atoms with Crippen LogP contribution < -0.4 is 10.6 Å². The van der Waals surface area contributed by atoms with Gasteiger partial charge in [0.1, 0.15) is 0 Å². The van der Waals surface area contributed by atoms with Crippen molar-refractivity contribution >= 4 is 28.9 Å². The van der Waals surface area contributed by atoms with Crippen molar-refractivity contribution in [2.75, 3.05) is 17.7 Å². The summed E-state index contributed by atoms with van der Waals surface area (Å²) in [5.74, 6) is -0.656. The fourth-order valence-corrected chi connectivity index (χ4v) is 2.71. The molecule has 0 atom stereocenters. The van der Waals surface area contributed by atoms with Crippen LogP contribution in [-0.2, 0) is 4.74 Å². The number of hydrogen-bond donors (Lipinski definition) is 2. The van der Waals surface area contributed by atoms with Crippen LogP contribution in [-0.4, -0.2) is 24.0 Å². The van der Waals surface area contributed by atoms with Crippen LogP contribution in [0.3, 0.4) is 0 Å². The number of benzene rings is 2. The summed E-state index contributed by atoms with van der Waals surface area (Å²) in [5, 5.41) is 6.07. The first kappa shape index (κ1) is 19.1. The molecule has 3 rings (SSSR count). The number of anilines is 3. The number of hydrogen-bond acceptors (Lipinski definition) is 5. The molecule has 0 bridgehead atoms. The van der Waals surface area contributed by atoms with Gasteiger partial charge in [-0.15, -0.1) is 0 Å². The van der Waals surface area contributed by atoms with Gasteiger partial charge in [-0.25, -0.2) is 4.79 Å². The van der Waals surface area contributed by atoms with Gasteiger partial charge in [-0.05, 0) is 55.3 Å². The van der Waals surface area contributed by atoms with Crippen molar-refractivity contribution in [3.05, 3.63) is 83.2 Å². The number of carbonyl (C=O) groups excluding carboxylic acids is 2. The molecule has 2 N–H and O–H groups in total. The van der Waals surface area contributed by atoms with Gasteiger partial charge >= 0.3 is 5.97 Å². The van der Waals surface area contributed by atoms with E-state index < -0.39 is 5.97 Å². The summed E-state index contributed by atoms with van der Waals surface area (Å²) >= 11 is 0. The van der Waals surface area contributed by atoms with Crippen LogP contribution in [0.4, 0.5) is 17.1 Å². The summed E-state index contributed by atoms with van der Waals surface area (Å²) in [6.07, 6.45) is 3.12. The zero-order valence-electron chi connectivity index (χ0n) is 15.9. The summed E-state index contributed by atoms with van der Waals surface area (Å²) in [4.78, 5) is 28.4. The van der Waals surface area contributed by atoms with Gasteiger partial charge in [0.25, 0.3) is 5.91 Å². The van der Waals surface area contributed by atoms with Crippen molar-refractivity contribution in [3.63, 3.8) is 0 Å². The molecule has 0 aliphatic rings. The summed E-state index contributed by atoms with van der Waals surface area (Å²) in [6, 6.07) is 14.5. The minimum Gasteiger partial charge on any atom is -0.465 e. The standard InChI is InChI=1S/C22H21N3O3/c1-14-7-8-15(2)20(9-14)25-21(26)17-11-19(13-23-12-17)24-18-6-4-5-16(10-18)22(27)28-3/h4-13,24H,1-3H3,(H,25,26). The second-order valence-corrected chi connectivity index (χ2v) is 6.43. The number of ether oxygens (including phenoxy) is 1. The molecule has 0 saturated carbocycles. The number of aryl methyl sites for hydroxylation is 2. The highest BCUT2D eigenvalue weighted by Crippen LogP contribution is 2.20. The molecule has 28 heavy (non-hydrogen) atoms. The molecule has 1 aromatic heterocycles. The topological polar surface area (TPSA) is 80.3 Å². The molecule has 0 aliphatic carbocycles. The number of nitrogens with one attached hydrogen (secondary N) is 2.